The van der Waals surface area contributed by atoms with Gasteiger partial charge in [-0.1, -0.05) is 18.2 Å². The molecule has 3 aromatic carbocycles. The summed E-state index contributed by atoms with van der Waals surface area (Å²) in [5.41, 5.74) is 1.04. The van der Waals surface area contributed by atoms with Crippen molar-refractivity contribution in [2.75, 3.05) is 0 Å². The van der Waals surface area contributed by atoms with E-state index in [9.17, 15) is 22.6 Å². The highest BCUT2D eigenvalue weighted by molar-refractivity contribution is 7.86. The Bertz CT molecular complexity index is 1680. The Morgan fingerprint density at radius 2 is 1.29 bits per heavy atom. The molecule has 0 unspecified atom stereocenters. The van der Waals surface area contributed by atoms with E-state index in [-0.39, 0.29) is 21.7 Å². The van der Waals surface area contributed by atoms with Crippen LogP contribution in [0.2, 0.25) is 0 Å². The molecule has 5 rings (SSSR count). The first kappa shape index (κ1) is 16.7. The standard InChI is InChI=1S/C20H12N2O5S/c23-19-10-4-1-2-5-13(10)21-15-9-12-16(8-11(15)19)22-14-6-3-7-17(28(25,26)27)18(14)20(12)24/h1-9H,(H,21,23)(H,22,24)(H,25,26,27). The summed E-state index contributed by atoms with van der Waals surface area (Å²) in [4.78, 5) is 31.6. The van der Waals surface area contributed by atoms with E-state index in [0.717, 1.165) is 0 Å². The van der Waals surface area contributed by atoms with Gasteiger partial charge < -0.3 is 9.97 Å². The molecule has 0 aliphatic carbocycles. The monoisotopic (exact) mass is 392 g/mol. The number of pyridine rings is 2. The van der Waals surface area contributed by atoms with E-state index in [0.29, 0.717) is 27.3 Å². The number of aromatic amines is 2. The summed E-state index contributed by atoms with van der Waals surface area (Å²) in [5.74, 6) is 0. The number of para-hydroxylation sites is 1. The SMILES string of the molecule is O=c1c2ccccc2[nH]c2cc3c(=O)c4c(S(=O)(=O)O)cccc4[nH]c3cc12. The van der Waals surface area contributed by atoms with Crippen LogP contribution in [0.4, 0.5) is 0 Å². The van der Waals surface area contributed by atoms with Crippen molar-refractivity contribution in [1.82, 2.24) is 9.97 Å². The summed E-state index contributed by atoms with van der Waals surface area (Å²) in [5, 5.41) is 1.03. The molecule has 0 fully saturated rings. The van der Waals surface area contributed by atoms with Crippen molar-refractivity contribution >= 4 is 53.7 Å². The van der Waals surface area contributed by atoms with Gasteiger partial charge in [-0.2, -0.15) is 8.42 Å². The maximum absolute atomic E-state index is 13.1. The number of hydrogen-bond donors (Lipinski definition) is 3. The van der Waals surface area contributed by atoms with E-state index in [1.807, 2.05) is 0 Å². The average molecular weight is 392 g/mol. The molecule has 28 heavy (non-hydrogen) atoms. The smallest absolute Gasteiger partial charge is 0.295 e. The number of nitrogens with one attached hydrogen (secondary N) is 2. The molecule has 0 aliphatic rings. The van der Waals surface area contributed by atoms with Crippen LogP contribution < -0.4 is 10.9 Å². The molecule has 0 amide bonds. The highest BCUT2D eigenvalue weighted by atomic mass is 32.2. The largest absolute Gasteiger partial charge is 0.354 e. The second kappa shape index (κ2) is 5.51. The van der Waals surface area contributed by atoms with E-state index in [1.165, 1.54) is 18.2 Å². The maximum atomic E-state index is 13.1. The lowest BCUT2D eigenvalue weighted by Crippen LogP contribution is -2.11. The molecular weight excluding hydrogens is 380 g/mol. The Kier molecular flexibility index (Phi) is 3.28. The molecule has 7 nitrogen and oxygen atoms in total. The van der Waals surface area contributed by atoms with Crippen LogP contribution in [0, 0.1) is 0 Å². The van der Waals surface area contributed by atoms with Gasteiger partial charge >= 0.3 is 0 Å². The normalized spacial score (nSPS) is 12.3. The molecule has 2 heterocycles. The second-order valence-corrected chi connectivity index (χ2v) is 7.94. The molecule has 2 aromatic heterocycles. The van der Waals surface area contributed by atoms with Gasteiger partial charge in [0.2, 0.25) is 0 Å². The summed E-state index contributed by atoms with van der Waals surface area (Å²) < 4.78 is 32.9. The van der Waals surface area contributed by atoms with Crippen molar-refractivity contribution in [2.45, 2.75) is 4.90 Å². The van der Waals surface area contributed by atoms with Crippen LogP contribution in [0.5, 0.6) is 0 Å². The summed E-state index contributed by atoms with van der Waals surface area (Å²) >= 11 is 0. The molecule has 0 saturated carbocycles. The number of hydrogen-bond acceptors (Lipinski definition) is 4. The maximum Gasteiger partial charge on any atom is 0.295 e. The molecule has 0 aliphatic heterocycles. The van der Waals surface area contributed by atoms with Crippen molar-refractivity contribution in [3.8, 4) is 0 Å². The van der Waals surface area contributed by atoms with Crippen molar-refractivity contribution in [3.05, 3.63) is 75.0 Å². The average Bonchev–Trinajstić information content (AvgIpc) is 2.66. The topological polar surface area (TPSA) is 120 Å². The quantitative estimate of drug-likeness (QED) is 0.299. The molecule has 0 atom stereocenters. The second-order valence-electron chi connectivity index (χ2n) is 6.55. The number of rotatable bonds is 1. The predicted octanol–water partition coefficient (Wildman–Crippen LogP) is 2.92. The van der Waals surface area contributed by atoms with Gasteiger partial charge in [-0.3, -0.25) is 14.1 Å². The van der Waals surface area contributed by atoms with Gasteiger partial charge in [0, 0.05) is 21.7 Å². The molecule has 5 aromatic rings. The summed E-state index contributed by atoms with van der Waals surface area (Å²) in [6.07, 6.45) is 0. The van der Waals surface area contributed by atoms with E-state index >= 15 is 0 Å². The summed E-state index contributed by atoms with van der Waals surface area (Å²) in [6.45, 7) is 0. The lowest BCUT2D eigenvalue weighted by atomic mass is 10.1. The van der Waals surface area contributed by atoms with Gasteiger partial charge in [0.05, 0.1) is 21.9 Å². The Hall–Kier alpha value is -3.49. The summed E-state index contributed by atoms with van der Waals surface area (Å²) in [6, 6.07) is 14.3. The molecule has 0 spiro atoms. The van der Waals surface area contributed by atoms with Crippen molar-refractivity contribution in [1.29, 1.82) is 0 Å². The van der Waals surface area contributed by atoms with Gasteiger partial charge in [0.25, 0.3) is 10.1 Å². The zero-order chi connectivity index (χ0) is 19.6. The summed E-state index contributed by atoms with van der Waals surface area (Å²) in [7, 11) is -4.58. The minimum absolute atomic E-state index is 0.125. The lowest BCUT2D eigenvalue weighted by molar-refractivity contribution is 0.484. The molecule has 138 valence electrons. The predicted molar refractivity (Wildman–Crippen MR) is 108 cm³/mol. The fourth-order valence-corrected chi connectivity index (χ4v) is 4.34. The van der Waals surface area contributed by atoms with Crippen LogP contribution in [0.15, 0.2) is 69.1 Å². The van der Waals surface area contributed by atoms with Gasteiger partial charge in [0.1, 0.15) is 4.90 Å². The first-order valence-electron chi connectivity index (χ1n) is 8.35. The third-order valence-corrected chi connectivity index (χ3v) is 5.78. The van der Waals surface area contributed by atoms with Crippen LogP contribution in [0.25, 0.3) is 43.6 Å². The number of aromatic nitrogens is 2. The molecule has 0 radical (unpaired) electrons. The zero-order valence-corrected chi connectivity index (χ0v) is 15.0. The first-order valence-corrected chi connectivity index (χ1v) is 9.79. The Morgan fingerprint density at radius 1 is 0.679 bits per heavy atom. The van der Waals surface area contributed by atoms with Gasteiger partial charge in [-0.05, 0) is 36.4 Å². The molecule has 0 bridgehead atoms. The van der Waals surface area contributed by atoms with Gasteiger partial charge in [-0.25, -0.2) is 0 Å². The third kappa shape index (κ3) is 2.29. The zero-order valence-electron chi connectivity index (χ0n) is 14.2. The van der Waals surface area contributed by atoms with E-state index in [1.54, 1.807) is 36.4 Å². The fourth-order valence-electron chi connectivity index (χ4n) is 3.63. The van der Waals surface area contributed by atoms with E-state index < -0.39 is 20.4 Å². The molecular formula is C20H12N2O5S. The Balaban J connectivity index is 2.02. The van der Waals surface area contributed by atoms with Gasteiger partial charge in [0.15, 0.2) is 10.9 Å². The van der Waals surface area contributed by atoms with Crippen molar-refractivity contribution in [3.63, 3.8) is 0 Å². The van der Waals surface area contributed by atoms with Gasteiger partial charge in [-0.15, -0.1) is 0 Å². The molecule has 8 heteroatoms. The fraction of sp³-hybridized carbons (Fsp3) is 0. The number of H-pyrrole nitrogens is 2. The van der Waals surface area contributed by atoms with Crippen LogP contribution in [0.1, 0.15) is 0 Å². The van der Waals surface area contributed by atoms with Crippen LogP contribution in [-0.4, -0.2) is 22.9 Å². The number of benzene rings is 3. The van der Waals surface area contributed by atoms with E-state index in [2.05, 4.69) is 9.97 Å². The highest BCUT2D eigenvalue weighted by Crippen LogP contribution is 2.24. The molecule has 3 N–H and O–H groups in total. The third-order valence-electron chi connectivity index (χ3n) is 4.89. The van der Waals surface area contributed by atoms with Crippen molar-refractivity contribution in [2.24, 2.45) is 0 Å². The number of fused-ring (bicyclic) bond motifs is 4. The van der Waals surface area contributed by atoms with Crippen LogP contribution >= 0.6 is 0 Å². The minimum Gasteiger partial charge on any atom is -0.354 e. The van der Waals surface area contributed by atoms with E-state index in [4.69, 9.17) is 0 Å². The first-order chi connectivity index (χ1) is 13.3. The molecule has 0 saturated heterocycles. The Morgan fingerprint density at radius 3 is 2.00 bits per heavy atom. The lowest BCUT2D eigenvalue weighted by Gasteiger charge is -2.08. The minimum atomic E-state index is -4.58. The highest BCUT2D eigenvalue weighted by Gasteiger charge is 2.18. The van der Waals surface area contributed by atoms with Crippen molar-refractivity contribution < 1.29 is 13.0 Å². The van der Waals surface area contributed by atoms with Crippen LogP contribution in [0.3, 0.4) is 0 Å². The van der Waals surface area contributed by atoms with Crippen LogP contribution in [-0.2, 0) is 10.1 Å². The Labute approximate surface area is 157 Å².